The Morgan fingerprint density at radius 2 is 1.76 bits per heavy atom. The zero-order valence-electron chi connectivity index (χ0n) is 13.7. The van der Waals surface area contributed by atoms with E-state index in [9.17, 15) is 0 Å². The van der Waals surface area contributed by atoms with Crippen molar-refractivity contribution in [2.45, 2.75) is 38.5 Å². The quantitative estimate of drug-likeness (QED) is 0.860. The summed E-state index contributed by atoms with van der Waals surface area (Å²) in [6.45, 7) is 12.4. The van der Waals surface area contributed by atoms with Gasteiger partial charge in [-0.25, -0.2) is 0 Å². The van der Waals surface area contributed by atoms with Crippen molar-refractivity contribution >= 4 is 17.4 Å². The van der Waals surface area contributed by atoms with Crippen LogP contribution in [-0.4, -0.2) is 48.9 Å². The molecule has 120 valence electrons. The lowest BCUT2D eigenvalue weighted by molar-refractivity contribution is 0.345. The molecule has 1 aromatic carbocycles. The Labute approximate surface area is 134 Å². The second-order valence-corrected chi connectivity index (χ2v) is 6.49. The van der Waals surface area contributed by atoms with Crippen LogP contribution in [0.4, 0.5) is 5.69 Å². The van der Waals surface area contributed by atoms with Crippen molar-refractivity contribution in [2.75, 3.05) is 43.4 Å². The van der Waals surface area contributed by atoms with Crippen LogP contribution < -0.4 is 4.90 Å². The van der Waals surface area contributed by atoms with E-state index in [-0.39, 0.29) is 5.48 Å². The van der Waals surface area contributed by atoms with Gasteiger partial charge in [-0.3, -0.25) is 0 Å². The minimum atomic E-state index is 0. The lowest BCUT2D eigenvalue weighted by atomic mass is 10.2. The molecule has 0 aliphatic carbocycles. The highest BCUT2D eigenvalue weighted by molar-refractivity contribution is 7.99. The third-order valence-corrected chi connectivity index (χ3v) is 5.00. The average molecular weight is 311 g/mol. The van der Waals surface area contributed by atoms with Gasteiger partial charge in [-0.1, -0.05) is 19.9 Å². The molecule has 0 atom stereocenters. The molecule has 0 spiro atoms. The predicted molar refractivity (Wildman–Crippen MR) is 94.8 cm³/mol. The van der Waals surface area contributed by atoms with Crippen LogP contribution in [0.15, 0.2) is 23.1 Å². The van der Waals surface area contributed by atoms with E-state index >= 15 is 0 Å². The Balaban J connectivity index is 0.000000706. The number of hydrogen-bond donors (Lipinski definition) is 0. The minimum absolute atomic E-state index is 0. The van der Waals surface area contributed by atoms with Crippen molar-refractivity contribution < 1.29 is 5.48 Å². The fourth-order valence-electron chi connectivity index (χ4n) is 2.88. The highest BCUT2D eigenvalue weighted by atomic mass is 32.2. The lowest BCUT2D eigenvalue weighted by Crippen LogP contribution is -2.36. The highest BCUT2D eigenvalue weighted by Gasteiger charge is 2.19. The summed E-state index contributed by atoms with van der Waals surface area (Å²) < 4.78 is 0. The first-order valence-electron chi connectivity index (χ1n) is 8.04. The van der Waals surface area contributed by atoms with Gasteiger partial charge in [-0.05, 0) is 50.6 Å². The molecule has 2 aliphatic heterocycles. The van der Waals surface area contributed by atoms with E-state index in [1.165, 1.54) is 67.5 Å². The normalized spacial score (nSPS) is 17.6. The standard InChI is InChI=1S/C15H22N2S.C2H6.H2O/c1-13-4-5-15-14(12-13)17(10-11-18-15)9-8-16-6-2-3-7-16;1-2;/h4-5,12H,2-3,6-11H2,1H3;1-2H3;1H2. The van der Waals surface area contributed by atoms with Gasteiger partial charge in [0.1, 0.15) is 0 Å². The summed E-state index contributed by atoms with van der Waals surface area (Å²) in [5.41, 5.74) is 2.84. The summed E-state index contributed by atoms with van der Waals surface area (Å²) in [5.74, 6) is 1.23. The van der Waals surface area contributed by atoms with Gasteiger partial charge in [0.15, 0.2) is 0 Å². The smallest absolute Gasteiger partial charge is 0.0507 e. The van der Waals surface area contributed by atoms with Gasteiger partial charge >= 0.3 is 0 Å². The monoisotopic (exact) mass is 310 g/mol. The molecule has 0 amide bonds. The van der Waals surface area contributed by atoms with Crippen LogP contribution in [0.3, 0.4) is 0 Å². The minimum Gasteiger partial charge on any atom is -0.412 e. The number of fused-ring (bicyclic) bond motifs is 1. The molecule has 4 heteroatoms. The molecule has 1 fully saturated rings. The van der Waals surface area contributed by atoms with Crippen molar-refractivity contribution in [3.05, 3.63) is 23.8 Å². The molecule has 0 unspecified atom stereocenters. The second kappa shape index (κ2) is 9.34. The molecule has 0 saturated carbocycles. The number of anilines is 1. The van der Waals surface area contributed by atoms with E-state index in [0.717, 1.165) is 0 Å². The Hall–Kier alpha value is -0.710. The maximum Gasteiger partial charge on any atom is 0.0507 e. The Morgan fingerprint density at radius 1 is 1.05 bits per heavy atom. The zero-order valence-corrected chi connectivity index (χ0v) is 14.5. The van der Waals surface area contributed by atoms with Gasteiger partial charge in [0.2, 0.25) is 0 Å². The number of nitrogens with zero attached hydrogens (tertiary/aromatic N) is 2. The number of benzene rings is 1. The first-order chi connectivity index (χ1) is 9.83. The van der Waals surface area contributed by atoms with Crippen molar-refractivity contribution in [3.63, 3.8) is 0 Å². The van der Waals surface area contributed by atoms with Crippen LogP contribution >= 0.6 is 11.8 Å². The molecule has 2 aliphatic rings. The predicted octanol–water partition coefficient (Wildman–Crippen LogP) is 3.20. The van der Waals surface area contributed by atoms with Crippen molar-refractivity contribution in [2.24, 2.45) is 0 Å². The Bertz CT molecular complexity index is 419. The van der Waals surface area contributed by atoms with E-state index < -0.39 is 0 Å². The third-order valence-electron chi connectivity index (χ3n) is 3.96. The molecule has 1 aromatic rings. The topological polar surface area (TPSA) is 38.0 Å². The average Bonchev–Trinajstić information content (AvgIpc) is 3.00. The van der Waals surface area contributed by atoms with Crippen LogP contribution in [0.25, 0.3) is 0 Å². The summed E-state index contributed by atoms with van der Waals surface area (Å²) in [6, 6.07) is 6.87. The van der Waals surface area contributed by atoms with Crippen LogP contribution in [0, 0.1) is 6.92 Å². The van der Waals surface area contributed by atoms with Crippen molar-refractivity contribution in [1.82, 2.24) is 4.90 Å². The van der Waals surface area contributed by atoms with Gasteiger partial charge in [0, 0.05) is 30.3 Å². The Morgan fingerprint density at radius 3 is 2.48 bits per heavy atom. The van der Waals surface area contributed by atoms with Gasteiger partial charge < -0.3 is 15.3 Å². The second-order valence-electron chi connectivity index (χ2n) is 5.36. The fourth-order valence-corrected chi connectivity index (χ4v) is 3.92. The van der Waals surface area contributed by atoms with E-state index in [4.69, 9.17) is 0 Å². The molecular weight excluding hydrogens is 280 g/mol. The van der Waals surface area contributed by atoms with Crippen molar-refractivity contribution in [3.8, 4) is 0 Å². The van der Waals surface area contributed by atoms with Gasteiger partial charge in [-0.15, -0.1) is 11.8 Å². The van der Waals surface area contributed by atoms with Crippen molar-refractivity contribution in [1.29, 1.82) is 0 Å². The Kier molecular flexibility index (Phi) is 8.15. The molecule has 3 rings (SSSR count). The third kappa shape index (κ3) is 4.90. The molecule has 0 aromatic heterocycles. The van der Waals surface area contributed by atoms with Gasteiger partial charge in [-0.2, -0.15) is 0 Å². The summed E-state index contributed by atoms with van der Waals surface area (Å²) >= 11 is 2.00. The zero-order chi connectivity index (χ0) is 14.4. The summed E-state index contributed by atoms with van der Waals surface area (Å²) in [7, 11) is 0. The number of aryl methyl sites for hydroxylation is 1. The number of likely N-dealkylation sites (tertiary alicyclic amines) is 1. The molecule has 2 N–H and O–H groups in total. The van der Waals surface area contributed by atoms with E-state index in [0.29, 0.717) is 0 Å². The molecular formula is C17H30N2OS. The van der Waals surface area contributed by atoms with Crippen LogP contribution in [0.2, 0.25) is 0 Å². The van der Waals surface area contributed by atoms with Crippen LogP contribution in [0.5, 0.6) is 0 Å². The van der Waals surface area contributed by atoms with Gasteiger partial charge in [0.05, 0.1) is 5.69 Å². The molecule has 1 saturated heterocycles. The largest absolute Gasteiger partial charge is 0.412 e. The van der Waals surface area contributed by atoms with E-state index in [1.54, 1.807) is 0 Å². The summed E-state index contributed by atoms with van der Waals surface area (Å²) in [6.07, 6.45) is 2.79. The SMILES string of the molecule is CC.Cc1ccc2c(c1)N(CCN1CCCC1)CCS2.O. The summed E-state index contributed by atoms with van der Waals surface area (Å²) in [5, 5.41) is 0. The number of hydrogen-bond acceptors (Lipinski definition) is 3. The fraction of sp³-hybridized carbons (Fsp3) is 0.647. The first-order valence-corrected chi connectivity index (χ1v) is 9.02. The van der Waals surface area contributed by atoms with E-state index in [2.05, 4.69) is 34.9 Å². The molecule has 0 bridgehead atoms. The lowest BCUT2D eigenvalue weighted by Gasteiger charge is -2.32. The molecule has 21 heavy (non-hydrogen) atoms. The van der Waals surface area contributed by atoms with Crippen LogP contribution in [0.1, 0.15) is 32.3 Å². The number of rotatable bonds is 3. The highest BCUT2D eigenvalue weighted by Crippen LogP contribution is 2.35. The van der Waals surface area contributed by atoms with Gasteiger partial charge in [0.25, 0.3) is 0 Å². The van der Waals surface area contributed by atoms with E-state index in [1.807, 2.05) is 25.6 Å². The summed E-state index contributed by atoms with van der Waals surface area (Å²) in [4.78, 5) is 6.65. The molecule has 0 radical (unpaired) electrons. The number of thioether (sulfide) groups is 1. The molecule has 3 nitrogen and oxygen atoms in total. The maximum atomic E-state index is 2.61. The maximum absolute atomic E-state index is 2.61. The molecule has 2 heterocycles. The van der Waals surface area contributed by atoms with Crippen LogP contribution in [-0.2, 0) is 0 Å². The first kappa shape index (κ1) is 18.3.